The number of rotatable bonds is 5. The molecule has 5 nitrogen and oxygen atoms in total. The molecular formula is C22H24ClN3O2S. The number of amidine groups is 1. The van der Waals surface area contributed by atoms with Gasteiger partial charge in [-0.1, -0.05) is 55.4 Å². The van der Waals surface area contributed by atoms with Gasteiger partial charge in [0.25, 0.3) is 0 Å². The molecule has 1 aliphatic rings. The predicted octanol–water partition coefficient (Wildman–Crippen LogP) is 5.36. The second-order valence-corrected chi connectivity index (χ2v) is 8.96. The first kappa shape index (κ1) is 21.4. The van der Waals surface area contributed by atoms with Gasteiger partial charge in [-0.15, -0.1) is 0 Å². The lowest BCUT2D eigenvalue weighted by Gasteiger charge is -2.11. The van der Waals surface area contributed by atoms with Crippen molar-refractivity contribution in [2.24, 2.45) is 4.99 Å². The van der Waals surface area contributed by atoms with Crippen LogP contribution in [0, 0.1) is 6.92 Å². The minimum absolute atomic E-state index is 0.0745. The zero-order valence-electron chi connectivity index (χ0n) is 16.9. The molecule has 1 atom stereocenters. The van der Waals surface area contributed by atoms with Crippen molar-refractivity contribution in [2.45, 2.75) is 38.4 Å². The number of thioether (sulfide) groups is 1. The van der Waals surface area contributed by atoms with E-state index in [0.29, 0.717) is 21.8 Å². The first-order chi connectivity index (χ1) is 13.7. The van der Waals surface area contributed by atoms with Crippen molar-refractivity contribution in [2.75, 3.05) is 12.4 Å². The van der Waals surface area contributed by atoms with Crippen LogP contribution in [0.4, 0.5) is 11.4 Å². The zero-order chi connectivity index (χ0) is 21.1. The van der Waals surface area contributed by atoms with Gasteiger partial charge in [0.05, 0.1) is 5.69 Å². The average molecular weight is 430 g/mol. The van der Waals surface area contributed by atoms with E-state index >= 15 is 0 Å². The van der Waals surface area contributed by atoms with Crippen LogP contribution < -0.4 is 5.32 Å². The molecule has 0 bridgehead atoms. The van der Waals surface area contributed by atoms with E-state index in [9.17, 15) is 9.59 Å². The smallest absolute Gasteiger partial charge is 0.242 e. The van der Waals surface area contributed by atoms with Crippen molar-refractivity contribution in [3.8, 4) is 0 Å². The van der Waals surface area contributed by atoms with Gasteiger partial charge >= 0.3 is 0 Å². The van der Waals surface area contributed by atoms with Crippen molar-refractivity contribution in [3.05, 3.63) is 58.6 Å². The Labute approximate surface area is 180 Å². The summed E-state index contributed by atoms with van der Waals surface area (Å²) in [6.07, 6.45) is 0.0745. The third kappa shape index (κ3) is 5.19. The Kier molecular flexibility index (Phi) is 6.65. The lowest BCUT2D eigenvalue weighted by atomic mass is 10.0. The van der Waals surface area contributed by atoms with Crippen LogP contribution in [-0.4, -0.2) is 34.2 Å². The molecule has 0 aromatic heterocycles. The highest BCUT2D eigenvalue weighted by Gasteiger charge is 2.37. The Balaban J connectivity index is 1.68. The minimum Gasteiger partial charge on any atom is -0.326 e. The second kappa shape index (κ2) is 9.01. The third-order valence-corrected chi connectivity index (χ3v) is 6.23. The molecule has 1 N–H and O–H groups in total. The fourth-order valence-electron chi connectivity index (χ4n) is 2.94. The van der Waals surface area contributed by atoms with Crippen molar-refractivity contribution in [1.82, 2.24) is 4.90 Å². The van der Waals surface area contributed by atoms with Gasteiger partial charge in [0, 0.05) is 24.2 Å². The molecule has 152 valence electrons. The molecule has 1 saturated heterocycles. The molecule has 2 aromatic rings. The summed E-state index contributed by atoms with van der Waals surface area (Å²) in [7, 11) is 1.69. The fraction of sp³-hybridized carbons (Fsp3) is 0.318. The van der Waals surface area contributed by atoms with Crippen molar-refractivity contribution in [3.63, 3.8) is 0 Å². The fourth-order valence-corrected chi connectivity index (χ4v) is 4.27. The maximum absolute atomic E-state index is 12.6. The highest BCUT2D eigenvalue weighted by atomic mass is 35.5. The number of halogens is 1. The summed E-state index contributed by atoms with van der Waals surface area (Å²) in [4.78, 5) is 31.2. The van der Waals surface area contributed by atoms with Gasteiger partial charge < -0.3 is 5.32 Å². The van der Waals surface area contributed by atoms with E-state index in [-0.39, 0.29) is 18.2 Å². The number of benzene rings is 2. The second-order valence-electron chi connectivity index (χ2n) is 7.36. The van der Waals surface area contributed by atoms with E-state index in [1.807, 2.05) is 37.3 Å². The summed E-state index contributed by atoms with van der Waals surface area (Å²) in [5, 5.41) is 3.51. The van der Waals surface area contributed by atoms with E-state index in [0.717, 1.165) is 11.3 Å². The van der Waals surface area contributed by atoms with Crippen LogP contribution >= 0.6 is 23.4 Å². The third-order valence-electron chi connectivity index (χ3n) is 4.77. The van der Waals surface area contributed by atoms with Gasteiger partial charge in [-0.05, 0) is 48.2 Å². The molecule has 3 rings (SSSR count). The van der Waals surface area contributed by atoms with Crippen LogP contribution in [0.25, 0.3) is 0 Å². The summed E-state index contributed by atoms with van der Waals surface area (Å²) in [6.45, 7) is 6.17. The van der Waals surface area contributed by atoms with Crippen LogP contribution in [-0.2, 0) is 9.59 Å². The first-order valence-electron chi connectivity index (χ1n) is 9.43. The van der Waals surface area contributed by atoms with Gasteiger partial charge in [-0.3, -0.25) is 14.5 Å². The average Bonchev–Trinajstić information content (AvgIpc) is 2.93. The van der Waals surface area contributed by atoms with Gasteiger partial charge in [0.1, 0.15) is 5.25 Å². The molecule has 29 heavy (non-hydrogen) atoms. The standard InChI is InChI=1S/C22H24ClN3O2S/c1-13(2)15-6-9-17(10-7-15)24-22-26(4)21(28)19(29-22)12-20(27)25-18-11-16(23)8-5-14(18)3/h5-11,13,19H,12H2,1-4H3,(H,25,27)/t19-/m0/s1. The van der Waals surface area contributed by atoms with E-state index in [1.165, 1.54) is 22.2 Å². The first-order valence-corrected chi connectivity index (χ1v) is 10.7. The molecule has 2 aromatic carbocycles. The number of carbonyl (C=O) groups is 2. The Hall–Kier alpha value is -2.31. The number of nitrogens with one attached hydrogen (secondary N) is 1. The van der Waals surface area contributed by atoms with Crippen LogP contribution in [0.1, 0.15) is 37.3 Å². The summed E-state index contributed by atoms with van der Waals surface area (Å²) < 4.78 is 0. The van der Waals surface area contributed by atoms with Gasteiger partial charge in [-0.2, -0.15) is 0 Å². The van der Waals surface area contributed by atoms with Crippen LogP contribution in [0.3, 0.4) is 0 Å². The molecule has 1 heterocycles. The molecule has 0 radical (unpaired) electrons. The predicted molar refractivity (Wildman–Crippen MR) is 121 cm³/mol. The Morgan fingerprint density at radius 1 is 1.24 bits per heavy atom. The van der Waals surface area contributed by atoms with Crippen LogP contribution in [0.5, 0.6) is 0 Å². The highest BCUT2D eigenvalue weighted by Crippen LogP contribution is 2.31. The Morgan fingerprint density at radius 3 is 2.59 bits per heavy atom. The number of aliphatic imine (C=N–C) groups is 1. The van der Waals surface area contributed by atoms with E-state index < -0.39 is 5.25 Å². The molecule has 0 unspecified atom stereocenters. The van der Waals surface area contributed by atoms with E-state index in [4.69, 9.17) is 11.6 Å². The molecule has 2 amide bonds. The van der Waals surface area contributed by atoms with Gasteiger partial charge in [-0.25, -0.2) is 4.99 Å². The van der Waals surface area contributed by atoms with Crippen molar-refractivity contribution < 1.29 is 9.59 Å². The number of hydrogen-bond acceptors (Lipinski definition) is 4. The van der Waals surface area contributed by atoms with Crippen molar-refractivity contribution >= 4 is 51.7 Å². The molecular weight excluding hydrogens is 406 g/mol. The summed E-state index contributed by atoms with van der Waals surface area (Å²) in [5.41, 5.74) is 3.60. The number of carbonyl (C=O) groups excluding carboxylic acids is 2. The quantitative estimate of drug-likeness (QED) is 0.695. The molecule has 0 aliphatic carbocycles. The number of nitrogens with zero attached hydrogens (tertiary/aromatic N) is 2. The minimum atomic E-state index is -0.492. The van der Waals surface area contributed by atoms with E-state index in [1.54, 1.807) is 19.2 Å². The van der Waals surface area contributed by atoms with Gasteiger partial charge in [0.15, 0.2) is 5.17 Å². The molecule has 0 saturated carbocycles. The number of aryl methyl sites for hydroxylation is 1. The maximum atomic E-state index is 12.6. The van der Waals surface area contributed by atoms with E-state index in [2.05, 4.69) is 24.2 Å². The Morgan fingerprint density at radius 2 is 1.93 bits per heavy atom. The molecule has 7 heteroatoms. The Bertz CT molecular complexity index is 957. The van der Waals surface area contributed by atoms with Crippen molar-refractivity contribution in [1.29, 1.82) is 0 Å². The molecule has 0 spiro atoms. The lowest BCUT2D eigenvalue weighted by Crippen LogP contribution is -2.30. The molecule has 1 aliphatic heterocycles. The highest BCUT2D eigenvalue weighted by molar-refractivity contribution is 8.15. The lowest BCUT2D eigenvalue weighted by molar-refractivity contribution is -0.127. The van der Waals surface area contributed by atoms with Gasteiger partial charge in [0.2, 0.25) is 11.8 Å². The topological polar surface area (TPSA) is 61.8 Å². The SMILES string of the molecule is Cc1ccc(Cl)cc1NC(=O)C[C@@H]1SC(=Nc2ccc(C(C)C)cc2)N(C)C1=O. The summed E-state index contributed by atoms with van der Waals surface area (Å²) in [6, 6.07) is 13.3. The maximum Gasteiger partial charge on any atom is 0.242 e. The number of hydrogen-bond donors (Lipinski definition) is 1. The summed E-state index contributed by atoms with van der Waals surface area (Å²) in [5.74, 6) is 0.107. The van der Waals surface area contributed by atoms with Crippen LogP contribution in [0.15, 0.2) is 47.5 Å². The summed E-state index contributed by atoms with van der Waals surface area (Å²) >= 11 is 7.32. The normalized spacial score (nSPS) is 18.0. The number of amides is 2. The zero-order valence-corrected chi connectivity index (χ0v) is 18.5. The monoisotopic (exact) mass is 429 g/mol. The number of anilines is 1. The largest absolute Gasteiger partial charge is 0.326 e. The van der Waals surface area contributed by atoms with Crippen LogP contribution in [0.2, 0.25) is 5.02 Å². The molecule has 1 fully saturated rings.